The molecule has 1 rings (SSSR count). The molecule has 6 nitrogen and oxygen atoms in total. The summed E-state index contributed by atoms with van der Waals surface area (Å²) in [5, 5.41) is 4.90. The molecule has 0 aliphatic heterocycles. The van der Waals surface area contributed by atoms with E-state index in [0.29, 0.717) is 11.4 Å². The topological polar surface area (TPSA) is 76.7 Å². The second kappa shape index (κ2) is 7.25. The zero-order valence-corrected chi connectivity index (χ0v) is 11.2. The summed E-state index contributed by atoms with van der Waals surface area (Å²) in [5.41, 5.74) is 0.495. The molecule has 1 atom stereocenters. The molecule has 0 aromatic heterocycles. The molecule has 0 heterocycles. The average molecular weight is 266 g/mol. The SMILES string of the molecule is CCC(C)OC(=O)Nc1cccc(OC(=O)NC)c1. The number of amides is 2. The van der Waals surface area contributed by atoms with Crippen molar-refractivity contribution in [1.29, 1.82) is 0 Å². The molecule has 0 fully saturated rings. The molecule has 19 heavy (non-hydrogen) atoms. The number of hydrogen-bond donors (Lipinski definition) is 2. The minimum Gasteiger partial charge on any atom is -0.446 e. The molecule has 1 unspecified atom stereocenters. The molecule has 0 saturated heterocycles. The van der Waals surface area contributed by atoms with Crippen molar-refractivity contribution in [2.75, 3.05) is 12.4 Å². The largest absolute Gasteiger partial charge is 0.446 e. The zero-order valence-electron chi connectivity index (χ0n) is 11.2. The van der Waals surface area contributed by atoms with Crippen LogP contribution in [0.15, 0.2) is 24.3 Å². The Hall–Kier alpha value is -2.24. The van der Waals surface area contributed by atoms with Crippen molar-refractivity contribution in [1.82, 2.24) is 5.32 Å². The van der Waals surface area contributed by atoms with E-state index in [1.54, 1.807) is 18.2 Å². The summed E-state index contributed by atoms with van der Waals surface area (Å²) in [4.78, 5) is 22.6. The van der Waals surface area contributed by atoms with Gasteiger partial charge in [-0.25, -0.2) is 9.59 Å². The van der Waals surface area contributed by atoms with Crippen LogP contribution in [0.4, 0.5) is 15.3 Å². The maximum Gasteiger partial charge on any atom is 0.412 e. The Bertz CT molecular complexity index is 448. The summed E-state index contributed by atoms with van der Waals surface area (Å²) in [6.07, 6.45) is -0.510. The number of benzene rings is 1. The summed E-state index contributed by atoms with van der Waals surface area (Å²) in [7, 11) is 1.47. The van der Waals surface area contributed by atoms with E-state index in [1.807, 2.05) is 13.8 Å². The van der Waals surface area contributed by atoms with Crippen LogP contribution in [0.3, 0.4) is 0 Å². The van der Waals surface area contributed by atoms with Gasteiger partial charge in [0.25, 0.3) is 0 Å². The highest BCUT2D eigenvalue weighted by Crippen LogP contribution is 2.17. The van der Waals surface area contributed by atoms with E-state index in [2.05, 4.69) is 10.6 Å². The lowest BCUT2D eigenvalue weighted by atomic mass is 10.3. The summed E-state index contributed by atoms with van der Waals surface area (Å²) in [5.74, 6) is 0.334. The van der Waals surface area contributed by atoms with Gasteiger partial charge in [0.2, 0.25) is 0 Å². The zero-order chi connectivity index (χ0) is 14.3. The van der Waals surface area contributed by atoms with Gasteiger partial charge < -0.3 is 14.8 Å². The molecule has 0 radical (unpaired) electrons. The van der Waals surface area contributed by atoms with Gasteiger partial charge >= 0.3 is 12.2 Å². The highest BCUT2D eigenvalue weighted by atomic mass is 16.6. The number of carbonyl (C=O) groups is 2. The Balaban J connectivity index is 2.61. The van der Waals surface area contributed by atoms with E-state index in [1.165, 1.54) is 13.1 Å². The summed E-state index contributed by atoms with van der Waals surface area (Å²) < 4.78 is 10.0. The van der Waals surface area contributed by atoms with Crippen LogP contribution < -0.4 is 15.4 Å². The Morgan fingerprint density at radius 1 is 1.32 bits per heavy atom. The second-order valence-electron chi connectivity index (χ2n) is 3.92. The van der Waals surface area contributed by atoms with E-state index in [4.69, 9.17) is 9.47 Å². The van der Waals surface area contributed by atoms with Gasteiger partial charge in [-0.1, -0.05) is 13.0 Å². The Morgan fingerprint density at radius 3 is 2.68 bits per heavy atom. The summed E-state index contributed by atoms with van der Waals surface area (Å²) in [6.45, 7) is 3.74. The lowest BCUT2D eigenvalue weighted by Crippen LogP contribution is -2.22. The highest BCUT2D eigenvalue weighted by molar-refractivity contribution is 5.85. The van der Waals surface area contributed by atoms with Gasteiger partial charge in [-0.2, -0.15) is 0 Å². The molecule has 0 aliphatic rings. The van der Waals surface area contributed by atoms with E-state index in [0.717, 1.165) is 6.42 Å². The second-order valence-corrected chi connectivity index (χ2v) is 3.92. The fourth-order valence-corrected chi connectivity index (χ4v) is 1.21. The van der Waals surface area contributed by atoms with Crippen molar-refractivity contribution in [3.63, 3.8) is 0 Å². The fraction of sp³-hybridized carbons (Fsp3) is 0.385. The molecule has 1 aromatic rings. The molecule has 0 bridgehead atoms. The lowest BCUT2D eigenvalue weighted by Gasteiger charge is -2.12. The van der Waals surface area contributed by atoms with E-state index in [9.17, 15) is 9.59 Å². The number of rotatable bonds is 4. The van der Waals surface area contributed by atoms with Crippen LogP contribution in [0.1, 0.15) is 20.3 Å². The maximum atomic E-state index is 11.5. The first kappa shape index (κ1) is 14.8. The third-order valence-electron chi connectivity index (χ3n) is 2.38. The first-order valence-electron chi connectivity index (χ1n) is 6.02. The average Bonchev–Trinajstić information content (AvgIpc) is 2.38. The summed E-state index contributed by atoms with van der Waals surface area (Å²) in [6, 6.07) is 6.49. The summed E-state index contributed by atoms with van der Waals surface area (Å²) >= 11 is 0. The van der Waals surface area contributed by atoms with E-state index < -0.39 is 12.2 Å². The van der Waals surface area contributed by atoms with Crippen molar-refractivity contribution < 1.29 is 19.1 Å². The molecule has 1 aromatic carbocycles. The number of anilines is 1. The lowest BCUT2D eigenvalue weighted by molar-refractivity contribution is 0.118. The number of ether oxygens (including phenoxy) is 2. The minimum atomic E-state index is -0.570. The number of carbonyl (C=O) groups excluding carboxylic acids is 2. The highest BCUT2D eigenvalue weighted by Gasteiger charge is 2.08. The normalized spacial score (nSPS) is 11.3. The standard InChI is InChI=1S/C13H18N2O4/c1-4-9(2)18-13(17)15-10-6-5-7-11(8-10)19-12(16)14-3/h5-9H,4H2,1-3H3,(H,14,16)(H,15,17). The number of nitrogens with one attached hydrogen (secondary N) is 2. The van der Waals surface area contributed by atoms with E-state index >= 15 is 0 Å². The van der Waals surface area contributed by atoms with Gasteiger partial charge in [0.15, 0.2) is 0 Å². The van der Waals surface area contributed by atoms with Crippen molar-refractivity contribution in [3.8, 4) is 5.75 Å². The van der Waals surface area contributed by atoms with Crippen LogP contribution in [-0.4, -0.2) is 25.3 Å². The number of hydrogen-bond acceptors (Lipinski definition) is 4. The van der Waals surface area contributed by atoms with Crippen LogP contribution in [0.5, 0.6) is 5.75 Å². The molecule has 2 amide bonds. The third-order valence-corrected chi connectivity index (χ3v) is 2.38. The molecule has 0 aliphatic carbocycles. The molecule has 0 spiro atoms. The molecular formula is C13H18N2O4. The monoisotopic (exact) mass is 266 g/mol. The van der Waals surface area contributed by atoms with E-state index in [-0.39, 0.29) is 6.10 Å². The van der Waals surface area contributed by atoms with Crippen molar-refractivity contribution in [3.05, 3.63) is 24.3 Å². The maximum absolute atomic E-state index is 11.5. The van der Waals surface area contributed by atoms with Gasteiger partial charge in [-0.15, -0.1) is 0 Å². The van der Waals surface area contributed by atoms with Crippen LogP contribution in [-0.2, 0) is 4.74 Å². The van der Waals surface area contributed by atoms with Gasteiger partial charge in [0.05, 0.1) is 0 Å². The van der Waals surface area contributed by atoms with Crippen molar-refractivity contribution in [2.45, 2.75) is 26.4 Å². The van der Waals surface area contributed by atoms with Crippen LogP contribution in [0.25, 0.3) is 0 Å². The molecular weight excluding hydrogens is 248 g/mol. The fourth-order valence-electron chi connectivity index (χ4n) is 1.21. The predicted molar refractivity (Wildman–Crippen MR) is 71.4 cm³/mol. The third kappa shape index (κ3) is 5.29. The Labute approximate surface area is 112 Å². The minimum absolute atomic E-state index is 0.148. The van der Waals surface area contributed by atoms with Crippen LogP contribution >= 0.6 is 0 Å². The van der Waals surface area contributed by atoms with Gasteiger partial charge in [0.1, 0.15) is 11.9 Å². The van der Waals surface area contributed by atoms with Crippen LogP contribution in [0.2, 0.25) is 0 Å². The van der Waals surface area contributed by atoms with Crippen molar-refractivity contribution >= 4 is 17.9 Å². The van der Waals surface area contributed by atoms with Crippen molar-refractivity contribution in [2.24, 2.45) is 0 Å². The molecule has 2 N–H and O–H groups in total. The quantitative estimate of drug-likeness (QED) is 0.878. The van der Waals surface area contributed by atoms with Gasteiger partial charge in [-0.3, -0.25) is 5.32 Å². The smallest absolute Gasteiger partial charge is 0.412 e. The van der Waals surface area contributed by atoms with Gasteiger partial charge in [0, 0.05) is 18.8 Å². The van der Waals surface area contributed by atoms with Crippen LogP contribution in [0, 0.1) is 0 Å². The first-order valence-corrected chi connectivity index (χ1v) is 6.02. The first-order chi connectivity index (χ1) is 9.05. The Kier molecular flexibility index (Phi) is 5.66. The molecule has 104 valence electrons. The molecule has 0 saturated carbocycles. The predicted octanol–water partition coefficient (Wildman–Crippen LogP) is 2.75. The van der Waals surface area contributed by atoms with Gasteiger partial charge in [-0.05, 0) is 25.5 Å². The Morgan fingerprint density at radius 2 is 2.05 bits per heavy atom. The molecule has 6 heteroatoms.